The lowest BCUT2D eigenvalue weighted by Crippen LogP contribution is -2.21. The number of halogens is 1. The second-order valence-electron chi connectivity index (χ2n) is 4.12. The van der Waals surface area contributed by atoms with Crippen molar-refractivity contribution in [2.45, 2.75) is 20.3 Å². The van der Waals surface area contributed by atoms with E-state index in [1.807, 2.05) is 0 Å². The molecule has 5 heteroatoms. The molecular formula is C9H14ClN3S. The minimum absolute atomic E-state index is 0.555. The summed E-state index contributed by atoms with van der Waals surface area (Å²) in [7, 11) is 0. The summed E-state index contributed by atoms with van der Waals surface area (Å²) in [5.74, 6) is 2.39. The molecule has 2 rings (SSSR count). The molecule has 0 aliphatic carbocycles. The highest BCUT2D eigenvalue weighted by Crippen LogP contribution is 2.31. The highest BCUT2D eigenvalue weighted by Gasteiger charge is 2.27. The van der Waals surface area contributed by atoms with Crippen LogP contribution in [-0.4, -0.2) is 21.8 Å². The van der Waals surface area contributed by atoms with Gasteiger partial charge in [0.15, 0.2) is 11.0 Å². The van der Waals surface area contributed by atoms with Crippen molar-refractivity contribution in [1.82, 2.24) is 8.75 Å². The van der Waals surface area contributed by atoms with Gasteiger partial charge in [-0.2, -0.15) is 8.75 Å². The van der Waals surface area contributed by atoms with Gasteiger partial charge in [0.1, 0.15) is 0 Å². The minimum atomic E-state index is 0.555. The van der Waals surface area contributed by atoms with Crippen LogP contribution in [0.25, 0.3) is 0 Å². The van der Waals surface area contributed by atoms with Crippen LogP contribution in [0, 0.1) is 11.8 Å². The minimum Gasteiger partial charge on any atom is -0.353 e. The Morgan fingerprint density at radius 3 is 2.79 bits per heavy atom. The molecule has 2 heterocycles. The Morgan fingerprint density at radius 2 is 2.29 bits per heavy atom. The van der Waals surface area contributed by atoms with E-state index in [-0.39, 0.29) is 0 Å². The lowest BCUT2D eigenvalue weighted by molar-refractivity contribution is 0.422. The molecule has 3 nitrogen and oxygen atoms in total. The summed E-state index contributed by atoms with van der Waals surface area (Å²) >= 11 is 7.13. The molecular weight excluding hydrogens is 218 g/mol. The molecule has 0 aromatic carbocycles. The molecule has 1 aliphatic heterocycles. The third kappa shape index (κ3) is 1.86. The maximum absolute atomic E-state index is 5.94. The monoisotopic (exact) mass is 231 g/mol. The lowest BCUT2D eigenvalue weighted by atomic mass is 9.95. The summed E-state index contributed by atoms with van der Waals surface area (Å²) in [6, 6.07) is 0. The molecule has 0 bridgehead atoms. The molecule has 1 fully saturated rings. The Labute approximate surface area is 93.4 Å². The van der Waals surface area contributed by atoms with Crippen molar-refractivity contribution in [3.8, 4) is 0 Å². The molecule has 1 atom stereocenters. The van der Waals surface area contributed by atoms with E-state index in [4.69, 9.17) is 11.6 Å². The van der Waals surface area contributed by atoms with E-state index in [0.29, 0.717) is 5.15 Å². The first kappa shape index (κ1) is 10.2. The van der Waals surface area contributed by atoms with Gasteiger partial charge in [-0.05, 0) is 18.3 Å². The van der Waals surface area contributed by atoms with E-state index in [2.05, 4.69) is 27.5 Å². The second kappa shape index (κ2) is 4.03. The average Bonchev–Trinajstić information content (AvgIpc) is 2.71. The van der Waals surface area contributed by atoms with Crippen LogP contribution in [0.2, 0.25) is 5.15 Å². The summed E-state index contributed by atoms with van der Waals surface area (Å²) in [5.41, 5.74) is 0. The van der Waals surface area contributed by atoms with Crippen molar-refractivity contribution in [2.75, 3.05) is 18.0 Å². The fourth-order valence-electron chi connectivity index (χ4n) is 1.89. The van der Waals surface area contributed by atoms with Crippen molar-refractivity contribution in [3.05, 3.63) is 5.15 Å². The quantitative estimate of drug-likeness (QED) is 0.784. The molecule has 0 N–H and O–H groups in total. The number of anilines is 1. The van der Waals surface area contributed by atoms with Crippen LogP contribution >= 0.6 is 23.3 Å². The summed E-state index contributed by atoms with van der Waals surface area (Å²) in [6.07, 6.45) is 1.24. The summed E-state index contributed by atoms with van der Waals surface area (Å²) in [4.78, 5) is 2.25. The fourth-order valence-corrected chi connectivity index (χ4v) is 2.66. The molecule has 1 aromatic heterocycles. The first-order chi connectivity index (χ1) is 6.68. The maximum atomic E-state index is 5.94. The van der Waals surface area contributed by atoms with Gasteiger partial charge in [0.05, 0.1) is 11.7 Å². The third-order valence-corrected chi connectivity index (χ3v) is 3.77. The van der Waals surface area contributed by atoms with Crippen LogP contribution in [0.5, 0.6) is 0 Å². The molecule has 78 valence electrons. The Bertz CT molecular complexity index is 313. The van der Waals surface area contributed by atoms with Gasteiger partial charge in [-0.3, -0.25) is 0 Å². The molecule has 1 aromatic rings. The standard InChI is InChI=1S/C9H14ClN3S/c1-6(2)7-3-4-13(5-7)9-8(10)11-14-12-9/h6-7H,3-5H2,1-2H3. The van der Waals surface area contributed by atoms with Crippen LogP contribution in [0.15, 0.2) is 0 Å². The Hall–Kier alpha value is -0.350. The van der Waals surface area contributed by atoms with E-state index >= 15 is 0 Å². The molecule has 1 unspecified atom stereocenters. The molecule has 14 heavy (non-hydrogen) atoms. The van der Waals surface area contributed by atoms with Crippen LogP contribution < -0.4 is 4.90 Å². The van der Waals surface area contributed by atoms with Crippen LogP contribution in [-0.2, 0) is 0 Å². The van der Waals surface area contributed by atoms with Crippen molar-refractivity contribution in [1.29, 1.82) is 0 Å². The first-order valence-corrected chi connectivity index (χ1v) is 6.02. The van der Waals surface area contributed by atoms with E-state index in [0.717, 1.165) is 30.7 Å². The third-order valence-electron chi connectivity index (χ3n) is 2.90. The summed E-state index contributed by atoms with van der Waals surface area (Å²) < 4.78 is 8.20. The Kier molecular flexibility index (Phi) is 2.93. The van der Waals surface area contributed by atoms with Gasteiger partial charge in [0.2, 0.25) is 0 Å². The van der Waals surface area contributed by atoms with Gasteiger partial charge in [-0.15, -0.1) is 0 Å². The van der Waals surface area contributed by atoms with Crippen molar-refractivity contribution < 1.29 is 0 Å². The molecule has 1 saturated heterocycles. The highest BCUT2D eigenvalue weighted by atomic mass is 35.5. The zero-order chi connectivity index (χ0) is 10.1. The molecule has 0 amide bonds. The molecule has 0 spiro atoms. The number of hydrogen-bond acceptors (Lipinski definition) is 4. The molecule has 0 saturated carbocycles. The van der Waals surface area contributed by atoms with Crippen LogP contribution in [0.4, 0.5) is 5.82 Å². The van der Waals surface area contributed by atoms with Gasteiger partial charge < -0.3 is 4.90 Å². The predicted octanol–water partition coefficient (Wildman–Crippen LogP) is 2.67. The number of aromatic nitrogens is 2. The topological polar surface area (TPSA) is 29.0 Å². The van der Waals surface area contributed by atoms with Gasteiger partial charge in [-0.25, -0.2) is 0 Å². The maximum Gasteiger partial charge on any atom is 0.187 e. The Morgan fingerprint density at radius 1 is 1.50 bits per heavy atom. The zero-order valence-electron chi connectivity index (χ0n) is 8.40. The van der Waals surface area contributed by atoms with E-state index in [9.17, 15) is 0 Å². The predicted molar refractivity (Wildman–Crippen MR) is 60.1 cm³/mol. The zero-order valence-corrected chi connectivity index (χ0v) is 9.98. The van der Waals surface area contributed by atoms with Crippen LogP contribution in [0.3, 0.4) is 0 Å². The molecule has 1 aliphatic rings. The Balaban J connectivity index is 2.06. The summed E-state index contributed by atoms with van der Waals surface area (Å²) in [5, 5.41) is 0.555. The number of rotatable bonds is 2. The highest BCUT2D eigenvalue weighted by molar-refractivity contribution is 6.99. The largest absolute Gasteiger partial charge is 0.353 e. The smallest absolute Gasteiger partial charge is 0.187 e. The number of hydrogen-bond donors (Lipinski definition) is 0. The SMILES string of the molecule is CC(C)C1CCN(c2nsnc2Cl)C1. The van der Waals surface area contributed by atoms with E-state index in [1.165, 1.54) is 18.1 Å². The van der Waals surface area contributed by atoms with Gasteiger partial charge >= 0.3 is 0 Å². The van der Waals surface area contributed by atoms with Gasteiger partial charge in [0, 0.05) is 13.1 Å². The normalized spacial score (nSPS) is 22.3. The second-order valence-corrected chi connectivity index (χ2v) is 5.00. The van der Waals surface area contributed by atoms with Gasteiger partial charge in [-0.1, -0.05) is 25.4 Å². The lowest BCUT2D eigenvalue weighted by Gasteiger charge is -2.17. The van der Waals surface area contributed by atoms with Crippen molar-refractivity contribution in [3.63, 3.8) is 0 Å². The van der Waals surface area contributed by atoms with Crippen molar-refractivity contribution >= 4 is 29.1 Å². The van der Waals surface area contributed by atoms with Crippen LogP contribution in [0.1, 0.15) is 20.3 Å². The summed E-state index contributed by atoms with van der Waals surface area (Å²) in [6.45, 7) is 6.68. The molecule has 0 radical (unpaired) electrons. The average molecular weight is 232 g/mol. The van der Waals surface area contributed by atoms with E-state index < -0.39 is 0 Å². The van der Waals surface area contributed by atoms with Crippen molar-refractivity contribution in [2.24, 2.45) is 11.8 Å². The van der Waals surface area contributed by atoms with E-state index in [1.54, 1.807) is 0 Å². The fraction of sp³-hybridized carbons (Fsp3) is 0.778. The van der Waals surface area contributed by atoms with Gasteiger partial charge in [0.25, 0.3) is 0 Å². The first-order valence-electron chi connectivity index (χ1n) is 4.91. The number of nitrogens with zero attached hydrogens (tertiary/aromatic N) is 3.